The van der Waals surface area contributed by atoms with E-state index in [0.29, 0.717) is 28.3 Å². The van der Waals surface area contributed by atoms with Crippen LogP contribution in [0.2, 0.25) is 10.0 Å². The van der Waals surface area contributed by atoms with Crippen LogP contribution in [0.4, 0.5) is 0 Å². The lowest BCUT2D eigenvalue weighted by Crippen LogP contribution is -2.42. The SMILES string of the molecule is CC(Oc1cccc(Cl)c1Cl)C(=O)N(C)CC(O)C1CC1. The Balaban J connectivity index is 1.93. The van der Waals surface area contributed by atoms with Gasteiger partial charge in [0.25, 0.3) is 5.91 Å². The monoisotopic (exact) mass is 331 g/mol. The van der Waals surface area contributed by atoms with Gasteiger partial charge in [0.05, 0.1) is 11.1 Å². The van der Waals surface area contributed by atoms with Crippen molar-refractivity contribution in [2.24, 2.45) is 5.92 Å². The first-order valence-corrected chi connectivity index (χ1v) is 7.69. The number of likely N-dealkylation sites (N-methyl/N-ethyl adjacent to an activating group) is 1. The largest absolute Gasteiger partial charge is 0.479 e. The number of halogens is 2. The summed E-state index contributed by atoms with van der Waals surface area (Å²) < 4.78 is 5.58. The lowest BCUT2D eigenvalue weighted by molar-refractivity contribution is -0.138. The molecule has 1 aliphatic rings. The quantitative estimate of drug-likeness (QED) is 0.871. The second-order valence-corrected chi connectivity index (χ2v) is 6.22. The van der Waals surface area contributed by atoms with E-state index in [1.807, 2.05) is 0 Å². The van der Waals surface area contributed by atoms with Crippen molar-refractivity contribution in [1.82, 2.24) is 4.90 Å². The molecule has 0 aromatic heterocycles. The summed E-state index contributed by atoms with van der Waals surface area (Å²) >= 11 is 11.9. The topological polar surface area (TPSA) is 49.8 Å². The number of rotatable bonds is 6. The highest BCUT2D eigenvalue weighted by Crippen LogP contribution is 2.33. The van der Waals surface area contributed by atoms with Gasteiger partial charge in [-0.25, -0.2) is 0 Å². The number of aliphatic hydroxyl groups excluding tert-OH is 1. The number of hydrogen-bond donors (Lipinski definition) is 1. The summed E-state index contributed by atoms with van der Waals surface area (Å²) in [6.07, 6.45) is 0.916. The van der Waals surface area contributed by atoms with Crippen LogP contribution in [-0.2, 0) is 4.79 Å². The maximum absolute atomic E-state index is 12.2. The normalized spacial score (nSPS) is 17.2. The summed E-state index contributed by atoms with van der Waals surface area (Å²) in [5.41, 5.74) is 0. The summed E-state index contributed by atoms with van der Waals surface area (Å²) in [5, 5.41) is 10.6. The van der Waals surface area contributed by atoms with E-state index in [1.54, 1.807) is 32.2 Å². The Kier molecular flexibility index (Phi) is 5.36. The fourth-order valence-corrected chi connectivity index (χ4v) is 2.46. The van der Waals surface area contributed by atoms with Gasteiger partial charge in [-0.1, -0.05) is 29.3 Å². The van der Waals surface area contributed by atoms with Crippen molar-refractivity contribution in [3.05, 3.63) is 28.2 Å². The van der Waals surface area contributed by atoms with Gasteiger partial charge in [0.15, 0.2) is 6.10 Å². The summed E-state index contributed by atoms with van der Waals surface area (Å²) in [4.78, 5) is 13.7. The van der Waals surface area contributed by atoms with Crippen LogP contribution in [-0.4, -0.2) is 41.7 Å². The molecule has 0 spiro atoms. The molecule has 2 rings (SSSR count). The Morgan fingerprint density at radius 1 is 1.48 bits per heavy atom. The Bertz CT molecular complexity index is 520. The zero-order chi connectivity index (χ0) is 15.6. The van der Waals surface area contributed by atoms with Gasteiger partial charge < -0.3 is 14.7 Å². The summed E-state index contributed by atoms with van der Waals surface area (Å²) in [7, 11) is 1.66. The van der Waals surface area contributed by atoms with Gasteiger partial charge >= 0.3 is 0 Å². The zero-order valence-electron chi connectivity index (χ0n) is 12.1. The van der Waals surface area contributed by atoms with E-state index in [4.69, 9.17) is 27.9 Å². The number of carbonyl (C=O) groups is 1. The van der Waals surface area contributed by atoms with E-state index < -0.39 is 12.2 Å². The molecule has 1 aliphatic carbocycles. The maximum Gasteiger partial charge on any atom is 0.263 e. The smallest absolute Gasteiger partial charge is 0.263 e. The average molecular weight is 332 g/mol. The van der Waals surface area contributed by atoms with E-state index in [-0.39, 0.29) is 5.91 Å². The number of ether oxygens (including phenoxy) is 1. The fraction of sp³-hybridized carbons (Fsp3) is 0.533. The minimum Gasteiger partial charge on any atom is -0.479 e. The summed E-state index contributed by atoms with van der Waals surface area (Å²) in [5.74, 6) is 0.505. The highest BCUT2D eigenvalue weighted by molar-refractivity contribution is 6.42. The third-order valence-electron chi connectivity index (χ3n) is 3.57. The molecule has 2 unspecified atom stereocenters. The molecule has 0 saturated heterocycles. The van der Waals surface area contributed by atoms with Gasteiger partial charge in [0, 0.05) is 13.6 Å². The second-order valence-electron chi connectivity index (χ2n) is 5.44. The number of benzene rings is 1. The molecule has 0 radical (unpaired) electrons. The zero-order valence-corrected chi connectivity index (χ0v) is 13.6. The van der Waals surface area contributed by atoms with Crippen LogP contribution in [0.5, 0.6) is 5.75 Å². The number of nitrogens with zero attached hydrogens (tertiary/aromatic N) is 1. The lowest BCUT2D eigenvalue weighted by Gasteiger charge is -2.24. The number of carbonyl (C=O) groups excluding carboxylic acids is 1. The van der Waals surface area contributed by atoms with E-state index >= 15 is 0 Å². The Morgan fingerprint density at radius 3 is 2.76 bits per heavy atom. The van der Waals surface area contributed by atoms with Gasteiger partial charge in [-0.2, -0.15) is 0 Å². The highest BCUT2D eigenvalue weighted by atomic mass is 35.5. The van der Waals surface area contributed by atoms with Crippen molar-refractivity contribution < 1.29 is 14.6 Å². The number of aliphatic hydroxyl groups is 1. The molecule has 4 nitrogen and oxygen atoms in total. The van der Waals surface area contributed by atoms with Crippen molar-refractivity contribution in [3.63, 3.8) is 0 Å². The molecule has 2 atom stereocenters. The van der Waals surface area contributed by atoms with Crippen LogP contribution in [0.15, 0.2) is 18.2 Å². The average Bonchev–Trinajstić information content (AvgIpc) is 3.27. The molecule has 116 valence electrons. The number of amides is 1. The summed E-state index contributed by atoms with van der Waals surface area (Å²) in [6, 6.07) is 5.03. The van der Waals surface area contributed by atoms with Crippen LogP contribution in [0.25, 0.3) is 0 Å². The molecule has 1 aromatic carbocycles. The van der Waals surface area contributed by atoms with Crippen LogP contribution in [0, 0.1) is 5.92 Å². The van der Waals surface area contributed by atoms with Crippen molar-refractivity contribution in [1.29, 1.82) is 0 Å². The number of hydrogen-bond acceptors (Lipinski definition) is 3. The third-order valence-corrected chi connectivity index (χ3v) is 4.37. The molecule has 0 heterocycles. The molecule has 0 aliphatic heterocycles. The van der Waals surface area contributed by atoms with E-state index in [2.05, 4.69) is 0 Å². The van der Waals surface area contributed by atoms with E-state index in [1.165, 1.54) is 4.90 Å². The van der Waals surface area contributed by atoms with Crippen molar-refractivity contribution in [2.45, 2.75) is 32.0 Å². The van der Waals surface area contributed by atoms with Gasteiger partial charge in [0.2, 0.25) is 0 Å². The first-order valence-electron chi connectivity index (χ1n) is 6.94. The predicted molar refractivity (Wildman–Crippen MR) is 82.9 cm³/mol. The molecule has 0 bridgehead atoms. The third kappa shape index (κ3) is 4.25. The summed E-state index contributed by atoms with van der Waals surface area (Å²) in [6.45, 7) is 1.97. The van der Waals surface area contributed by atoms with Crippen LogP contribution in [0.1, 0.15) is 19.8 Å². The molecule has 21 heavy (non-hydrogen) atoms. The standard InChI is InChI=1S/C15H19Cl2NO3/c1-9(21-13-5-3-4-11(16)14(13)17)15(20)18(2)8-12(19)10-6-7-10/h3-5,9-10,12,19H,6-8H2,1-2H3. The molecule has 1 amide bonds. The van der Waals surface area contributed by atoms with E-state index in [0.717, 1.165) is 12.8 Å². The van der Waals surface area contributed by atoms with Gasteiger partial charge in [-0.15, -0.1) is 0 Å². The lowest BCUT2D eigenvalue weighted by atomic mass is 10.2. The molecule has 1 fully saturated rings. The molecule has 1 N–H and O–H groups in total. The predicted octanol–water partition coefficient (Wildman–Crippen LogP) is 2.99. The maximum atomic E-state index is 12.2. The van der Waals surface area contributed by atoms with Gasteiger partial charge in [-0.3, -0.25) is 4.79 Å². The van der Waals surface area contributed by atoms with Crippen LogP contribution in [0.3, 0.4) is 0 Å². The molecule has 6 heteroatoms. The van der Waals surface area contributed by atoms with Crippen molar-refractivity contribution in [2.75, 3.05) is 13.6 Å². The van der Waals surface area contributed by atoms with Gasteiger partial charge in [0.1, 0.15) is 10.8 Å². The molecule has 1 aromatic rings. The Labute approximate surface area is 134 Å². The second kappa shape index (κ2) is 6.86. The first kappa shape index (κ1) is 16.4. The van der Waals surface area contributed by atoms with Crippen molar-refractivity contribution >= 4 is 29.1 Å². The Morgan fingerprint density at radius 2 is 2.14 bits per heavy atom. The minimum absolute atomic E-state index is 0.203. The Hall–Kier alpha value is -0.970. The minimum atomic E-state index is -0.697. The molecule has 1 saturated carbocycles. The first-order chi connectivity index (χ1) is 9.90. The highest BCUT2D eigenvalue weighted by Gasteiger charge is 2.32. The van der Waals surface area contributed by atoms with Gasteiger partial charge in [-0.05, 0) is 37.8 Å². The molecular formula is C15H19Cl2NO3. The molecular weight excluding hydrogens is 313 g/mol. The van der Waals surface area contributed by atoms with Crippen LogP contribution < -0.4 is 4.74 Å². The van der Waals surface area contributed by atoms with Crippen molar-refractivity contribution in [3.8, 4) is 5.75 Å². The van der Waals surface area contributed by atoms with Crippen LogP contribution >= 0.6 is 23.2 Å². The van der Waals surface area contributed by atoms with E-state index in [9.17, 15) is 9.90 Å². The fourth-order valence-electron chi connectivity index (χ4n) is 2.13.